The Balaban J connectivity index is 1.72. The zero-order valence-corrected chi connectivity index (χ0v) is 14.3. The molecule has 24 heavy (non-hydrogen) atoms. The van der Waals surface area contributed by atoms with Crippen molar-refractivity contribution in [2.24, 2.45) is 0 Å². The predicted octanol–water partition coefficient (Wildman–Crippen LogP) is 2.90. The zero-order valence-electron chi connectivity index (χ0n) is 13.5. The third-order valence-electron chi connectivity index (χ3n) is 3.96. The molecule has 6 heteroatoms. The molecule has 0 aliphatic heterocycles. The summed E-state index contributed by atoms with van der Waals surface area (Å²) >= 11 is 1.66. The van der Waals surface area contributed by atoms with E-state index in [0.29, 0.717) is 31.4 Å². The number of thiophene rings is 1. The summed E-state index contributed by atoms with van der Waals surface area (Å²) in [6.45, 7) is 3.76. The monoisotopic (exact) mass is 341 g/mol. The number of hydrogen-bond acceptors (Lipinski definition) is 4. The van der Waals surface area contributed by atoms with Gasteiger partial charge in [-0.25, -0.2) is 0 Å². The molecule has 0 N–H and O–H groups in total. The molecule has 0 atom stereocenters. The largest absolute Gasteiger partial charge is 0.338 e. The number of carbonyl (C=O) groups is 1. The molecule has 1 aromatic carbocycles. The van der Waals surface area contributed by atoms with Crippen molar-refractivity contribution in [3.63, 3.8) is 0 Å². The van der Waals surface area contributed by atoms with Gasteiger partial charge in [0.2, 0.25) is 11.3 Å². The highest BCUT2D eigenvalue weighted by Gasteiger charge is 2.13. The van der Waals surface area contributed by atoms with Gasteiger partial charge in [-0.15, -0.1) is 11.3 Å². The number of rotatable bonds is 6. The molecule has 0 fully saturated rings. The van der Waals surface area contributed by atoms with Crippen molar-refractivity contribution >= 4 is 28.1 Å². The van der Waals surface area contributed by atoms with Crippen LogP contribution >= 0.6 is 11.3 Å². The molecule has 1 amide bonds. The molecule has 0 spiro atoms. The predicted molar refractivity (Wildman–Crippen MR) is 96.0 cm³/mol. The SMILES string of the molecule is CCN(Cc1cccs1)C(=O)CCn1ncc(=O)c2ccccc21. The second-order valence-corrected chi connectivity index (χ2v) is 6.52. The molecule has 3 rings (SSSR count). The Morgan fingerprint density at radius 3 is 2.83 bits per heavy atom. The van der Waals surface area contributed by atoms with Crippen molar-refractivity contribution in [3.8, 4) is 0 Å². The normalized spacial score (nSPS) is 10.9. The smallest absolute Gasteiger partial charge is 0.224 e. The third-order valence-corrected chi connectivity index (χ3v) is 4.82. The maximum atomic E-state index is 12.5. The van der Waals surface area contributed by atoms with E-state index in [9.17, 15) is 9.59 Å². The topological polar surface area (TPSA) is 55.2 Å². The van der Waals surface area contributed by atoms with E-state index in [1.54, 1.807) is 22.1 Å². The summed E-state index contributed by atoms with van der Waals surface area (Å²) in [5, 5.41) is 6.82. The minimum atomic E-state index is -0.0962. The van der Waals surface area contributed by atoms with Crippen LogP contribution in [0, 0.1) is 0 Å². The summed E-state index contributed by atoms with van der Waals surface area (Å²) in [6.07, 6.45) is 1.68. The van der Waals surface area contributed by atoms with Gasteiger partial charge in [0.25, 0.3) is 0 Å². The van der Waals surface area contributed by atoms with Crippen LogP contribution in [-0.2, 0) is 17.9 Å². The van der Waals surface area contributed by atoms with Crippen LogP contribution in [0.4, 0.5) is 0 Å². The minimum Gasteiger partial charge on any atom is -0.338 e. The Bertz CT molecular complexity index is 887. The van der Waals surface area contributed by atoms with E-state index in [4.69, 9.17) is 0 Å². The van der Waals surface area contributed by atoms with Crippen LogP contribution in [0.1, 0.15) is 18.2 Å². The summed E-state index contributed by atoms with van der Waals surface area (Å²) in [7, 11) is 0. The number of amides is 1. The number of carbonyl (C=O) groups excluding carboxylic acids is 1. The second kappa shape index (κ2) is 7.40. The second-order valence-electron chi connectivity index (χ2n) is 5.49. The third kappa shape index (κ3) is 3.54. The Labute approximate surface area is 144 Å². The lowest BCUT2D eigenvalue weighted by Gasteiger charge is -2.20. The van der Waals surface area contributed by atoms with E-state index in [0.717, 1.165) is 5.52 Å². The van der Waals surface area contributed by atoms with Crippen LogP contribution in [-0.4, -0.2) is 27.1 Å². The first kappa shape index (κ1) is 16.4. The molecule has 0 aliphatic carbocycles. The molecule has 5 nitrogen and oxygen atoms in total. The van der Waals surface area contributed by atoms with Crippen molar-refractivity contribution < 1.29 is 4.79 Å². The van der Waals surface area contributed by atoms with E-state index in [1.165, 1.54) is 11.1 Å². The molecule has 0 bridgehead atoms. The van der Waals surface area contributed by atoms with E-state index >= 15 is 0 Å². The first-order valence-corrected chi connectivity index (χ1v) is 8.82. The van der Waals surface area contributed by atoms with Gasteiger partial charge in [0.1, 0.15) is 0 Å². The van der Waals surface area contributed by atoms with Gasteiger partial charge in [0.05, 0.1) is 24.8 Å². The lowest BCUT2D eigenvalue weighted by molar-refractivity contribution is -0.131. The standard InChI is InChI=1S/C18H19N3O2S/c1-2-20(13-14-6-5-11-24-14)18(23)9-10-21-16-8-4-3-7-15(16)17(22)12-19-21/h3-8,11-12H,2,9-10,13H2,1H3. The minimum absolute atomic E-state index is 0.0930. The van der Waals surface area contributed by atoms with E-state index in [2.05, 4.69) is 5.10 Å². The van der Waals surface area contributed by atoms with Crippen molar-refractivity contribution in [2.45, 2.75) is 26.4 Å². The molecular formula is C18H19N3O2S. The first-order valence-electron chi connectivity index (χ1n) is 7.94. The van der Waals surface area contributed by atoms with E-state index in [1.807, 2.05) is 47.5 Å². The molecule has 3 aromatic rings. The summed E-state index contributed by atoms with van der Waals surface area (Å²) in [5.41, 5.74) is 0.667. The fourth-order valence-corrected chi connectivity index (χ4v) is 3.39. The first-order chi connectivity index (χ1) is 11.7. The number of para-hydroxylation sites is 1. The maximum absolute atomic E-state index is 12.5. The van der Waals surface area contributed by atoms with Crippen molar-refractivity contribution in [1.29, 1.82) is 0 Å². The Morgan fingerprint density at radius 2 is 2.08 bits per heavy atom. The quantitative estimate of drug-likeness (QED) is 0.693. The van der Waals surface area contributed by atoms with Gasteiger partial charge in [-0.3, -0.25) is 14.3 Å². The van der Waals surface area contributed by atoms with Gasteiger partial charge in [0.15, 0.2) is 0 Å². The van der Waals surface area contributed by atoms with Crippen molar-refractivity contribution in [3.05, 3.63) is 63.1 Å². The molecule has 0 saturated carbocycles. The maximum Gasteiger partial charge on any atom is 0.224 e. The lowest BCUT2D eigenvalue weighted by atomic mass is 10.2. The Kier molecular flexibility index (Phi) is 5.05. The summed E-state index contributed by atoms with van der Waals surface area (Å²) in [5.74, 6) is 0.0930. The van der Waals surface area contributed by atoms with Crippen molar-refractivity contribution in [1.82, 2.24) is 14.7 Å². The highest BCUT2D eigenvalue weighted by atomic mass is 32.1. The van der Waals surface area contributed by atoms with E-state index in [-0.39, 0.29) is 11.3 Å². The van der Waals surface area contributed by atoms with Gasteiger partial charge in [-0.1, -0.05) is 18.2 Å². The average Bonchev–Trinajstić information content (AvgIpc) is 3.12. The summed E-state index contributed by atoms with van der Waals surface area (Å²) < 4.78 is 1.73. The zero-order chi connectivity index (χ0) is 16.9. The van der Waals surface area contributed by atoms with Gasteiger partial charge < -0.3 is 4.90 Å². The summed E-state index contributed by atoms with van der Waals surface area (Å²) in [6, 6.07) is 11.4. The number of hydrogen-bond donors (Lipinski definition) is 0. The van der Waals surface area contributed by atoms with Crippen LogP contribution in [0.15, 0.2) is 52.8 Å². The van der Waals surface area contributed by atoms with Gasteiger partial charge in [-0.2, -0.15) is 5.10 Å². The van der Waals surface area contributed by atoms with Crippen LogP contribution in [0.3, 0.4) is 0 Å². The fourth-order valence-electron chi connectivity index (χ4n) is 2.67. The molecule has 0 unspecified atom stereocenters. The number of aryl methyl sites for hydroxylation is 1. The van der Waals surface area contributed by atoms with Crippen LogP contribution in [0.2, 0.25) is 0 Å². The van der Waals surface area contributed by atoms with Gasteiger partial charge >= 0.3 is 0 Å². The summed E-state index contributed by atoms with van der Waals surface area (Å²) in [4.78, 5) is 27.4. The van der Waals surface area contributed by atoms with Crippen LogP contribution in [0.5, 0.6) is 0 Å². The Hall–Kier alpha value is -2.47. The van der Waals surface area contributed by atoms with Crippen molar-refractivity contribution in [2.75, 3.05) is 6.54 Å². The van der Waals surface area contributed by atoms with Crippen LogP contribution < -0.4 is 5.43 Å². The van der Waals surface area contributed by atoms with E-state index < -0.39 is 0 Å². The number of nitrogens with zero attached hydrogens (tertiary/aromatic N) is 3. The molecule has 0 radical (unpaired) electrons. The highest BCUT2D eigenvalue weighted by molar-refractivity contribution is 7.09. The average molecular weight is 341 g/mol. The molecular weight excluding hydrogens is 322 g/mol. The lowest BCUT2D eigenvalue weighted by Crippen LogP contribution is -2.31. The van der Waals surface area contributed by atoms with Gasteiger partial charge in [-0.05, 0) is 30.5 Å². The molecule has 0 saturated heterocycles. The van der Waals surface area contributed by atoms with Gasteiger partial charge in [0, 0.05) is 23.2 Å². The molecule has 2 heterocycles. The number of aromatic nitrogens is 2. The number of fused-ring (bicyclic) bond motifs is 1. The molecule has 124 valence electrons. The van der Waals surface area contributed by atoms with Crippen LogP contribution in [0.25, 0.3) is 10.9 Å². The highest BCUT2D eigenvalue weighted by Crippen LogP contribution is 2.13. The molecule has 2 aromatic heterocycles. The Morgan fingerprint density at radius 1 is 1.25 bits per heavy atom. The number of benzene rings is 1. The molecule has 0 aliphatic rings. The fraction of sp³-hybridized carbons (Fsp3) is 0.278.